The zero-order valence-corrected chi connectivity index (χ0v) is 9.28. The van der Waals surface area contributed by atoms with Gasteiger partial charge in [-0.1, -0.05) is 0 Å². The van der Waals surface area contributed by atoms with Crippen LogP contribution in [0.2, 0.25) is 0 Å². The van der Waals surface area contributed by atoms with Crippen LogP contribution in [0, 0.1) is 0 Å². The molecule has 0 aromatic carbocycles. The number of halogens is 1. The smallest absolute Gasteiger partial charge is 0.134 e. The minimum absolute atomic E-state index is 0.171. The van der Waals surface area contributed by atoms with E-state index in [0.29, 0.717) is 6.42 Å². The van der Waals surface area contributed by atoms with Gasteiger partial charge in [-0.05, 0) is 40.5 Å². The van der Waals surface area contributed by atoms with E-state index in [-0.39, 0.29) is 5.78 Å². The van der Waals surface area contributed by atoms with Crippen molar-refractivity contribution in [2.75, 3.05) is 0 Å². The number of carbonyl (C=O) groups is 1. The fourth-order valence-electron chi connectivity index (χ4n) is 1.40. The first-order chi connectivity index (χ1) is 6.66. The average molecular weight is 253 g/mol. The van der Waals surface area contributed by atoms with Crippen LogP contribution in [0.15, 0.2) is 29.3 Å². The standard InChI is InChI=1S/C10H9BrN2O/c1-7(14)4-8-2-3-13-6-12-10(11)9(13)5-8/h2-3,5-6H,4H2,1H3. The fourth-order valence-corrected chi connectivity index (χ4v) is 1.81. The van der Waals surface area contributed by atoms with Gasteiger partial charge in [0.1, 0.15) is 16.7 Å². The van der Waals surface area contributed by atoms with E-state index in [2.05, 4.69) is 20.9 Å². The normalized spacial score (nSPS) is 10.7. The minimum atomic E-state index is 0.171. The van der Waals surface area contributed by atoms with Gasteiger partial charge in [0, 0.05) is 12.6 Å². The number of ketones is 1. The van der Waals surface area contributed by atoms with E-state index in [1.165, 1.54) is 0 Å². The molecule has 0 N–H and O–H groups in total. The molecule has 0 aliphatic rings. The molecule has 14 heavy (non-hydrogen) atoms. The number of Topliss-reactive ketones (excluding diaryl/α,β-unsaturated/α-hetero) is 1. The molecule has 72 valence electrons. The Hall–Kier alpha value is -1.16. The monoisotopic (exact) mass is 252 g/mol. The second kappa shape index (κ2) is 3.53. The molecule has 2 heterocycles. The highest BCUT2D eigenvalue weighted by molar-refractivity contribution is 9.10. The number of pyridine rings is 1. The lowest BCUT2D eigenvalue weighted by Gasteiger charge is -1.99. The molecule has 0 aliphatic heterocycles. The van der Waals surface area contributed by atoms with E-state index in [1.807, 2.05) is 22.7 Å². The maximum Gasteiger partial charge on any atom is 0.134 e. The van der Waals surface area contributed by atoms with E-state index < -0.39 is 0 Å². The molecular formula is C10H9BrN2O. The van der Waals surface area contributed by atoms with Gasteiger partial charge in [-0.15, -0.1) is 0 Å². The van der Waals surface area contributed by atoms with Gasteiger partial charge in [0.25, 0.3) is 0 Å². The second-order valence-corrected chi connectivity index (χ2v) is 3.99. The number of rotatable bonds is 2. The molecule has 0 saturated heterocycles. The first-order valence-corrected chi connectivity index (χ1v) is 5.06. The predicted octanol–water partition coefficient (Wildman–Crippen LogP) is 2.23. The van der Waals surface area contributed by atoms with E-state index in [9.17, 15) is 4.79 Å². The molecule has 2 aromatic heterocycles. The van der Waals surface area contributed by atoms with Gasteiger partial charge in [-0.2, -0.15) is 0 Å². The number of imidazole rings is 1. The molecule has 4 heteroatoms. The van der Waals surface area contributed by atoms with Gasteiger partial charge in [0.2, 0.25) is 0 Å². The third-order valence-corrected chi connectivity index (χ3v) is 2.62. The summed E-state index contributed by atoms with van der Waals surface area (Å²) in [7, 11) is 0. The quantitative estimate of drug-likeness (QED) is 0.822. The summed E-state index contributed by atoms with van der Waals surface area (Å²) in [5.74, 6) is 0.171. The zero-order valence-electron chi connectivity index (χ0n) is 7.70. The first kappa shape index (κ1) is 9.40. The first-order valence-electron chi connectivity index (χ1n) is 4.27. The van der Waals surface area contributed by atoms with Crippen molar-refractivity contribution >= 4 is 27.2 Å². The molecule has 0 fully saturated rings. The van der Waals surface area contributed by atoms with Crippen molar-refractivity contribution in [2.24, 2.45) is 0 Å². The number of hydrogen-bond acceptors (Lipinski definition) is 2. The molecule has 0 amide bonds. The maximum atomic E-state index is 10.9. The summed E-state index contributed by atoms with van der Waals surface area (Å²) >= 11 is 3.35. The van der Waals surface area contributed by atoms with Crippen LogP contribution < -0.4 is 0 Å². The number of hydrogen-bond donors (Lipinski definition) is 0. The SMILES string of the molecule is CC(=O)Cc1ccn2cnc(Br)c2c1. The minimum Gasteiger partial charge on any atom is -0.305 e. The highest BCUT2D eigenvalue weighted by Gasteiger charge is 2.03. The lowest BCUT2D eigenvalue weighted by Crippen LogP contribution is -1.96. The Morgan fingerprint density at radius 1 is 1.64 bits per heavy atom. The molecule has 2 aromatic rings. The van der Waals surface area contributed by atoms with Crippen LogP contribution in [-0.2, 0) is 11.2 Å². The summed E-state index contributed by atoms with van der Waals surface area (Å²) in [4.78, 5) is 15.0. The van der Waals surface area contributed by atoms with Crippen LogP contribution in [0.3, 0.4) is 0 Å². The summed E-state index contributed by atoms with van der Waals surface area (Å²) in [5.41, 5.74) is 2.01. The lowest BCUT2D eigenvalue weighted by atomic mass is 10.1. The molecule has 0 radical (unpaired) electrons. The van der Waals surface area contributed by atoms with Crippen LogP contribution in [0.1, 0.15) is 12.5 Å². The third-order valence-electron chi connectivity index (χ3n) is 2.01. The number of nitrogens with zero attached hydrogens (tertiary/aromatic N) is 2. The lowest BCUT2D eigenvalue weighted by molar-refractivity contribution is -0.116. The molecule has 2 rings (SSSR count). The van der Waals surface area contributed by atoms with Crippen LogP contribution in [0.25, 0.3) is 5.52 Å². The van der Waals surface area contributed by atoms with Crippen LogP contribution in [0.4, 0.5) is 0 Å². The van der Waals surface area contributed by atoms with Gasteiger partial charge >= 0.3 is 0 Å². The number of aromatic nitrogens is 2. The van der Waals surface area contributed by atoms with Crippen LogP contribution in [-0.4, -0.2) is 15.2 Å². The largest absolute Gasteiger partial charge is 0.305 e. The molecule has 0 atom stereocenters. The average Bonchev–Trinajstić information content (AvgIpc) is 2.47. The Kier molecular flexibility index (Phi) is 2.37. The van der Waals surface area contributed by atoms with E-state index >= 15 is 0 Å². The molecule has 0 unspecified atom stereocenters. The van der Waals surface area contributed by atoms with E-state index in [1.54, 1.807) is 13.3 Å². The summed E-state index contributed by atoms with van der Waals surface area (Å²) < 4.78 is 2.72. The van der Waals surface area contributed by atoms with Crippen LogP contribution >= 0.6 is 15.9 Å². The van der Waals surface area contributed by atoms with Gasteiger partial charge < -0.3 is 4.40 Å². The Morgan fingerprint density at radius 2 is 2.43 bits per heavy atom. The molecular weight excluding hydrogens is 244 g/mol. The maximum absolute atomic E-state index is 10.9. The van der Waals surface area contributed by atoms with E-state index in [4.69, 9.17) is 0 Å². The molecule has 0 saturated carbocycles. The van der Waals surface area contributed by atoms with Gasteiger partial charge in [0.05, 0.1) is 5.52 Å². The van der Waals surface area contributed by atoms with E-state index in [0.717, 1.165) is 15.7 Å². The van der Waals surface area contributed by atoms with Crippen molar-refractivity contribution < 1.29 is 4.79 Å². The highest BCUT2D eigenvalue weighted by Crippen LogP contribution is 2.17. The van der Waals surface area contributed by atoms with Crippen molar-refractivity contribution in [3.8, 4) is 0 Å². The Morgan fingerprint density at radius 3 is 3.14 bits per heavy atom. The van der Waals surface area contributed by atoms with Crippen molar-refractivity contribution in [1.29, 1.82) is 0 Å². The second-order valence-electron chi connectivity index (χ2n) is 3.24. The third kappa shape index (κ3) is 1.70. The summed E-state index contributed by atoms with van der Waals surface area (Å²) in [6, 6.07) is 3.90. The predicted molar refractivity (Wildman–Crippen MR) is 57.3 cm³/mol. The summed E-state index contributed by atoms with van der Waals surface area (Å²) in [5, 5.41) is 0. The van der Waals surface area contributed by atoms with Crippen molar-refractivity contribution in [1.82, 2.24) is 9.38 Å². The fraction of sp³-hybridized carbons (Fsp3) is 0.200. The topological polar surface area (TPSA) is 34.4 Å². The van der Waals surface area contributed by atoms with Gasteiger partial charge in [-0.3, -0.25) is 4.79 Å². The van der Waals surface area contributed by atoms with Crippen molar-refractivity contribution in [2.45, 2.75) is 13.3 Å². The Labute approximate surface area is 89.9 Å². The number of fused-ring (bicyclic) bond motifs is 1. The van der Waals surface area contributed by atoms with Crippen LogP contribution in [0.5, 0.6) is 0 Å². The molecule has 0 bridgehead atoms. The van der Waals surface area contributed by atoms with Crippen molar-refractivity contribution in [3.05, 3.63) is 34.8 Å². The zero-order chi connectivity index (χ0) is 10.1. The van der Waals surface area contributed by atoms with Crippen molar-refractivity contribution in [3.63, 3.8) is 0 Å². The molecule has 0 spiro atoms. The Balaban J connectivity index is 2.49. The molecule has 0 aliphatic carbocycles. The van der Waals surface area contributed by atoms with Gasteiger partial charge in [0.15, 0.2) is 0 Å². The molecule has 3 nitrogen and oxygen atoms in total. The van der Waals surface area contributed by atoms with Gasteiger partial charge in [-0.25, -0.2) is 4.98 Å². The Bertz CT molecular complexity index is 490. The summed E-state index contributed by atoms with van der Waals surface area (Å²) in [6.45, 7) is 1.59. The number of carbonyl (C=O) groups excluding carboxylic acids is 1. The highest BCUT2D eigenvalue weighted by atomic mass is 79.9. The summed E-state index contributed by atoms with van der Waals surface area (Å²) in [6.07, 6.45) is 4.12.